The molecule has 3 aromatic rings. The zero-order chi connectivity index (χ0) is 26.0. The molecular formula is C27H26BrClN2O4S2. The van der Waals surface area contributed by atoms with Crippen LogP contribution in [0.25, 0.3) is 0 Å². The number of carbonyl (C=O) groups excluding carboxylic acids is 1. The number of amides is 1. The Labute approximate surface area is 238 Å². The first-order valence-corrected chi connectivity index (χ1v) is 14.9. The lowest BCUT2D eigenvalue weighted by molar-refractivity contribution is -0.123. The summed E-state index contributed by atoms with van der Waals surface area (Å²) in [5.74, 6) is 3.78. The van der Waals surface area contributed by atoms with Gasteiger partial charge in [-0.15, -0.1) is 23.5 Å². The highest BCUT2D eigenvalue weighted by Gasteiger charge is 2.18. The van der Waals surface area contributed by atoms with Gasteiger partial charge in [0, 0.05) is 32.1 Å². The molecule has 1 N–H and O–H groups in total. The van der Waals surface area contributed by atoms with Crippen molar-refractivity contribution in [2.75, 3.05) is 24.7 Å². The molecule has 1 heterocycles. The van der Waals surface area contributed by atoms with Crippen molar-refractivity contribution in [1.82, 2.24) is 5.43 Å². The molecular weight excluding hydrogens is 596 g/mol. The summed E-state index contributed by atoms with van der Waals surface area (Å²) >= 11 is 13.7. The number of ether oxygens (including phenoxy) is 3. The van der Waals surface area contributed by atoms with Gasteiger partial charge in [0.25, 0.3) is 5.91 Å². The standard InChI is InChI=1S/C27H26BrClN2O4S2/c1-2-33-24-13-20(22(28)14-25(24)35-16-19-5-3-4-6-23(19)29)15-30-31-26(32)17-34-21-9-7-18(8-10-21)27-36-11-12-37-27/h3-10,13-15,27H,2,11-12,16-17H2,1H3,(H,31,32)/b30-15-. The fourth-order valence-electron chi connectivity index (χ4n) is 3.43. The number of hydrazone groups is 1. The number of thioether (sulfide) groups is 2. The van der Waals surface area contributed by atoms with Crippen molar-refractivity contribution in [2.45, 2.75) is 18.1 Å². The highest BCUT2D eigenvalue weighted by Crippen LogP contribution is 2.45. The first-order chi connectivity index (χ1) is 18.0. The molecule has 1 aliphatic rings. The number of carbonyl (C=O) groups is 1. The number of rotatable bonds is 11. The van der Waals surface area contributed by atoms with Crippen LogP contribution >= 0.6 is 51.1 Å². The summed E-state index contributed by atoms with van der Waals surface area (Å²) in [7, 11) is 0. The second kappa shape index (κ2) is 14.0. The van der Waals surface area contributed by atoms with Crippen molar-refractivity contribution in [1.29, 1.82) is 0 Å². The van der Waals surface area contributed by atoms with Gasteiger partial charge in [-0.05, 0) is 58.7 Å². The average molecular weight is 622 g/mol. The first kappa shape index (κ1) is 27.7. The third kappa shape index (κ3) is 8.07. The molecule has 1 fully saturated rings. The van der Waals surface area contributed by atoms with Crippen molar-refractivity contribution in [3.63, 3.8) is 0 Å². The van der Waals surface area contributed by atoms with E-state index in [1.807, 2.05) is 66.8 Å². The van der Waals surface area contributed by atoms with Crippen molar-refractivity contribution >= 4 is 63.2 Å². The smallest absolute Gasteiger partial charge is 0.277 e. The molecule has 0 saturated carbocycles. The van der Waals surface area contributed by atoms with Crippen LogP contribution < -0.4 is 19.6 Å². The van der Waals surface area contributed by atoms with Crippen LogP contribution in [0.5, 0.6) is 17.2 Å². The number of nitrogens with zero attached hydrogens (tertiary/aromatic N) is 1. The zero-order valence-electron chi connectivity index (χ0n) is 20.1. The Bertz CT molecular complexity index is 1240. The summed E-state index contributed by atoms with van der Waals surface area (Å²) in [5.41, 5.74) is 5.36. The number of benzene rings is 3. The monoisotopic (exact) mass is 620 g/mol. The van der Waals surface area contributed by atoms with Crippen LogP contribution in [-0.2, 0) is 11.4 Å². The van der Waals surface area contributed by atoms with E-state index in [1.54, 1.807) is 12.1 Å². The predicted molar refractivity (Wildman–Crippen MR) is 156 cm³/mol. The normalized spacial score (nSPS) is 13.6. The lowest BCUT2D eigenvalue weighted by Crippen LogP contribution is -2.24. The molecule has 0 aliphatic carbocycles. The Balaban J connectivity index is 1.31. The van der Waals surface area contributed by atoms with E-state index in [1.165, 1.54) is 23.3 Å². The van der Waals surface area contributed by atoms with E-state index >= 15 is 0 Å². The summed E-state index contributed by atoms with van der Waals surface area (Å²) in [6, 6.07) is 19.0. The quantitative estimate of drug-likeness (QED) is 0.182. The molecule has 37 heavy (non-hydrogen) atoms. The van der Waals surface area contributed by atoms with Gasteiger partial charge in [0.15, 0.2) is 18.1 Å². The first-order valence-electron chi connectivity index (χ1n) is 11.6. The lowest BCUT2D eigenvalue weighted by Gasteiger charge is -2.14. The predicted octanol–water partition coefficient (Wildman–Crippen LogP) is 7.09. The molecule has 0 aromatic heterocycles. The molecule has 6 nitrogen and oxygen atoms in total. The largest absolute Gasteiger partial charge is 0.490 e. The van der Waals surface area contributed by atoms with Crippen LogP contribution in [0.2, 0.25) is 5.02 Å². The molecule has 0 spiro atoms. The molecule has 3 aromatic carbocycles. The van der Waals surface area contributed by atoms with Crippen LogP contribution in [0.3, 0.4) is 0 Å². The van der Waals surface area contributed by atoms with Gasteiger partial charge in [0.2, 0.25) is 0 Å². The number of nitrogens with one attached hydrogen (secondary N) is 1. The minimum Gasteiger partial charge on any atom is -0.490 e. The van der Waals surface area contributed by atoms with Gasteiger partial charge in [-0.3, -0.25) is 4.79 Å². The molecule has 4 rings (SSSR count). The van der Waals surface area contributed by atoms with Crippen LogP contribution in [0, 0.1) is 0 Å². The molecule has 194 valence electrons. The van der Waals surface area contributed by atoms with Gasteiger partial charge in [0.1, 0.15) is 12.4 Å². The van der Waals surface area contributed by atoms with Crippen LogP contribution in [0.15, 0.2) is 70.2 Å². The third-order valence-electron chi connectivity index (χ3n) is 5.24. The maximum atomic E-state index is 12.2. The zero-order valence-corrected chi connectivity index (χ0v) is 24.1. The summed E-state index contributed by atoms with van der Waals surface area (Å²) in [6.45, 7) is 2.53. The number of hydrogen-bond donors (Lipinski definition) is 1. The minimum absolute atomic E-state index is 0.135. The molecule has 0 radical (unpaired) electrons. The summed E-state index contributed by atoms with van der Waals surface area (Å²) in [5, 5.41) is 4.70. The summed E-state index contributed by atoms with van der Waals surface area (Å²) in [4.78, 5) is 12.2. The van der Waals surface area contributed by atoms with Crippen LogP contribution in [-0.4, -0.2) is 36.8 Å². The van der Waals surface area contributed by atoms with Gasteiger partial charge >= 0.3 is 0 Å². The van der Waals surface area contributed by atoms with E-state index in [4.69, 9.17) is 25.8 Å². The second-order valence-corrected chi connectivity index (χ2v) is 11.8. The summed E-state index contributed by atoms with van der Waals surface area (Å²) in [6.07, 6.45) is 1.54. The molecule has 1 saturated heterocycles. The maximum Gasteiger partial charge on any atom is 0.277 e. The molecule has 0 atom stereocenters. The Morgan fingerprint density at radius 3 is 2.54 bits per heavy atom. The van der Waals surface area contributed by atoms with Crippen LogP contribution in [0.1, 0.15) is 28.2 Å². The van der Waals surface area contributed by atoms with E-state index in [0.29, 0.717) is 45.6 Å². The Morgan fingerprint density at radius 2 is 1.81 bits per heavy atom. The van der Waals surface area contributed by atoms with Gasteiger partial charge in [-0.25, -0.2) is 5.43 Å². The van der Waals surface area contributed by atoms with E-state index in [2.05, 4.69) is 38.6 Å². The third-order valence-corrected chi connectivity index (χ3v) is 9.40. The van der Waals surface area contributed by atoms with Crippen molar-refractivity contribution in [3.05, 3.63) is 86.8 Å². The molecule has 1 amide bonds. The average Bonchev–Trinajstić information content (AvgIpc) is 3.44. The number of hydrogen-bond acceptors (Lipinski definition) is 7. The number of halogens is 2. The van der Waals surface area contributed by atoms with Gasteiger partial charge in [0.05, 0.1) is 17.4 Å². The van der Waals surface area contributed by atoms with Crippen molar-refractivity contribution < 1.29 is 19.0 Å². The van der Waals surface area contributed by atoms with Crippen molar-refractivity contribution in [3.8, 4) is 17.2 Å². The Kier molecular flexibility index (Phi) is 10.5. The van der Waals surface area contributed by atoms with Gasteiger partial charge < -0.3 is 14.2 Å². The Hall–Kier alpha value is -2.33. The maximum absolute atomic E-state index is 12.2. The highest BCUT2D eigenvalue weighted by atomic mass is 79.9. The second-order valence-electron chi connectivity index (χ2n) is 7.86. The van der Waals surface area contributed by atoms with Crippen molar-refractivity contribution in [2.24, 2.45) is 5.10 Å². The van der Waals surface area contributed by atoms with E-state index in [9.17, 15) is 4.79 Å². The SMILES string of the molecule is CCOc1cc(/C=N\NC(=O)COc2ccc(C3SCCS3)cc2)c(Br)cc1OCc1ccccc1Cl. The van der Waals surface area contributed by atoms with Gasteiger partial charge in [-0.1, -0.05) is 41.9 Å². The lowest BCUT2D eigenvalue weighted by atomic mass is 10.2. The molecule has 0 unspecified atom stereocenters. The Morgan fingerprint density at radius 1 is 1.08 bits per heavy atom. The van der Waals surface area contributed by atoms with Crippen LogP contribution in [0.4, 0.5) is 0 Å². The van der Waals surface area contributed by atoms with E-state index < -0.39 is 0 Å². The topological polar surface area (TPSA) is 69.2 Å². The minimum atomic E-state index is -0.358. The summed E-state index contributed by atoms with van der Waals surface area (Å²) < 4.78 is 18.5. The molecule has 0 bridgehead atoms. The fraction of sp³-hybridized carbons (Fsp3) is 0.259. The fourth-order valence-corrected chi connectivity index (χ4v) is 6.90. The van der Waals surface area contributed by atoms with Gasteiger partial charge in [-0.2, -0.15) is 5.10 Å². The molecule has 10 heteroatoms. The molecule has 1 aliphatic heterocycles. The van der Waals surface area contributed by atoms with E-state index in [0.717, 1.165) is 10.0 Å². The van der Waals surface area contributed by atoms with E-state index in [-0.39, 0.29) is 12.5 Å². The highest BCUT2D eigenvalue weighted by molar-refractivity contribution is 9.10.